The first-order valence-corrected chi connectivity index (χ1v) is 9.35. The molecule has 28 heavy (non-hydrogen) atoms. The number of para-hydroxylation sites is 1. The van der Waals surface area contributed by atoms with E-state index >= 15 is 0 Å². The zero-order valence-corrected chi connectivity index (χ0v) is 16.0. The van der Waals surface area contributed by atoms with Crippen molar-refractivity contribution in [3.63, 3.8) is 0 Å². The SMILES string of the molecule is CN(Cc1cnn(-c2ccccc2)c1)C(=O)CN1C(=O)N[C@@](C)(C2CC2)C1=O. The monoisotopic (exact) mass is 381 g/mol. The van der Waals surface area contributed by atoms with E-state index in [0.717, 1.165) is 29.0 Å². The van der Waals surface area contributed by atoms with E-state index in [2.05, 4.69) is 10.4 Å². The van der Waals surface area contributed by atoms with Crippen LogP contribution in [0.5, 0.6) is 0 Å². The highest BCUT2D eigenvalue weighted by Crippen LogP contribution is 2.42. The molecule has 0 radical (unpaired) electrons. The fourth-order valence-electron chi connectivity index (χ4n) is 3.58. The largest absolute Gasteiger partial charge is 0.340 e. The highest BCUT2D eigenvalue weighted by molar-refractivity contribution is 6.09. The quantitative estimate of drug-likeness (QED) is 0.769. The van der Waals surface area contributed by atoms with Crippen LogP contribution in [-0.2, 0) is 16.1 Å². The molecule has 8 nitrogen and oxygen atoms in total. The average molecular weight is 381 g/mol. The van der Waals surface area contributed by atoms with Crippen molar-refractivity contribution < 1.29 is 14.4 Å². The Bertz CT molecular complexity index is 921. The minimum absolute atomic E-state index is 0.172. The number of carbonyl (C=O) groups excluding carboxylic acids is 3. The number of imide groups is 1. The number of hydrogen-bond acceptors (Lipinski definition) is 4. The summed E-state index contributed by atoms with van der Waals surface area (Å²) < 4.78 is 1.74. The summed E-state index contributed by atoms with van der Waals surface area (Å²) in [5.41, 5.74) is 0.924. The minimum Gasteiger partial charge on any atom is -0.340 e. The van der Waals surface area contributed by atoms with Crippen LogP contribution in [0.1, 0.15) is 25.3 Å². The molecule has 1 aromatic carbocycles. The van der Waals surface area contributed by atoms with Gasteiger partial charge in [0.1, 0.15) is 12.1 Å². The van der Waals surface area contributed by atoms with Crippen molar-refractivity contribution in [1.29, 1.82) is 0 Å². The number of rotatable bonds is 6. The summed E-state index contributed by atoms with van der Waals surface area (Å²) in [7, 11) is 1.65. The number of benzene rings is 1. The second-order valence-electron chi connectivity index (χ2n) is 7.68. The Morgan fingerprint density at radius 3 is 2.68 bits per heavy atom. The number of urea groups is 1. The van der Waals surface area contributed by atoms with Gasteiger partial charge in [0.2, 0.25) is 5.91 Å². The number of amides is 4. The summed E-state index contributed by atoms with van der Waals surface area (Å²) in [5, 5.41) is 7.08. The molecule has 2 heterocycles. The van der Waals surface area contributed by atoms with Crippen molar-refractivity contribution in [2.45, 2.75) is 31.8 Å². The molecule has 8 heteroatoms. The summed E-state index contributed by atoms with van der Waals surface area (Å²) >= 11 is 0. The molecule has 1 N–H and O–H groups in total. The van der Waals surface area contributed by atoms with Gasteiger partial charge in [-0.1, -0.05) is 18.2 Å². The van der Waals surface area contributed by atoms with E-state index in [4.69, 9.17) is 0 Å². The summed E-state index contributed by atoms with van der Waals surface area (Å²) in [6, 6.07) is 9.20. The van der Waals surface area contributed by atoms with Gasteiger partial charge in [-0.05, 0) is 37.8 Å². The number of hydrogen-bond donors (Lipinski definition) is 1. The van der Waals surface area contributed by atoms with E-state index in [1.165, 1.54) is 4.90 Å². The topological polar surface area (TPSA) is 87.5 Å². The van der Waals surface area contributed by atoms with Crippen LogP contribution in [0.25, 0.3) is 5.69 Å². The molecule has 4 amide bonds. The summed E-state index contributed by atoms with van der Waals surface area (Å²) in [6.07, 6.45) is 5.41. The maximum Gasteiger partial charge on any atom is 0.325 e. The van der Waals surface area contributed by atoms with Crippen molar-refractivity contribution >= 4 is 17.8 Å². The van der Waals surface area contributed by atoms with Gasteiger partial charge in [0.25, 0.3) is 5.91 Å². The average Bonchev–Trinajstić information content (AvgIpc) is 3.41. The van der Waals surface area contributed by atoms with Crippen LogP contribution >= 0.6 is 0 Å². The highest BCUT2D eigenvalue weighted by atomic mass is 16.2. The van der Waals surface area contributed by atoms with Gasteiger partial charge in [0.05, 0.1) is 11.9 Å². The molecule has 4 rings (SSSR count). The lowest BCUT2D eigenvalue weighted by molar-refractivity contribution is -0.138. The van der Waals surface area contributed by atoms with Crippen LogP contribution in [0, 0.1) is 5.92 Å². The molecule has 2 aromatic rings. The van der Waals surface area contributed by atoms with Crippen LogP contribution in [0.2, 0.25) is 0 Å². The third-order valence-corrected chi connectivity index (χ3v) is 5.49. The van der Waals surface area contributed by atoms with Gasteiger partial charge in [0, 0.05) is 25.4 Å². The maximum absolute atomic E-state index is 12.7. The summed E-state index contributed by atoms with van der Waals surface area (Å²) in [5.74, 6) is -0.430. The Kier molecular flexibility index (Phi) is 4.41. The van der Waals surface area contributed by atoms with E-state index < -0.39 is 11.6 Å². The van der Waals surface area contributed by atoms with E-state index in [0.29, 0.717) is 6.54 Å². The third kappa shape index (κ3) is 3.26. The first kappa shape index (κ1) is 18.2. The molecule has 1 aromatic heterocycles. The predicted octanol–water partition coefficient (Wildman–Crippen LogP) is 1.55. The lowest BCUT2D eigenvalue weighted by atomic mass is 9.96. The number of nitrogens with zero attached hydrogens (tertiary/aromatic N) is 4. The molecule has 2 aliphatic rings. The van der Waals surface area contributed by atoms with Crippen molar-refractivity contribution in [1.82, 2.24) is 24.9 Å². The van der Waals surface area contributed by atoms with E-state index in [9.17, 15) is 14.4 Å². The Morgan fingerprint density at radius 1 is 1.29 bits per heavy atom. The van der Waals surface area contributed by atoms with Gasteiger partial charge in [-0.15, -0.1) is 0 Å². The first-order chi connectivity index (χ1) is 13.4. The Balaban J connectivity index is 1.38. The molecule has 1 saturated heterocycles. The maximum atomic E-state index is 12.7. The Morgan fingerprint density at radius 2 is 2.00 bits per heavy atom. The molecule has 1 saturated carbocycles. The predicted molar refractivity (Wildman–Crippen MR) is 101 cm³/mol. The molecular weight excluding hydrogens is 358 g/mol. The van der Waals surface area contributed by atoms with Crippen LogP contribution in [0.3, 0.4) is 0 Å². The fourth-order valence-corrected chi connectivity index (χ4v) is 3.58. The Labute approximate surface area is 163 Å². The van der Waals surface area contributed by atoms with Gasteiger partial charge >= 0.3 is 6.03 Å². The number of likely N-dealkylation sites (N-methyl/N-ethyl adjacent to an activating group) is 1. The number of carbonyl (C=O) groups is 3. The van der Waals surface area contributed by atoms with Crippen LogP contribution < -0.4 is 5.32 Å². The third-order valence-electron chi connectivity index (χ3n) is 5.49. The van der Waals surface area contributed by atoms with Gasteiger partial charge in [-0.2, -0.15) is 5.10 Å². The molecule has 0 bridgehead atoms. The highest BCUT2D eigenvalue weighted by Gasteiger charge is 2.56. The van der Waals surface area contributed by atoms with Crippen LogP contribution in [0.4, 0.5) is 4.79 Å². The molecule has 1 aliphatic carbocycles. The van der Waals surface area contributed by atoms with Gasteiger partial charge in [0.15, 0.2) is 0 Å². The minimum atomic E-state index is -0.868. The molecular formula is C20H23N5O3. The first-order valence-electron chi connectivity index (χ1n) is 9.35. The van der Waals surface area contributed by atoms with Crippen LogP contribution in [-0.4, -0.2) is 56.6 Å². The lowest BCUT2D eigenvalue weighted by Gasteiger charge is -2.22. The zero-order valence-electron chi connectivity index (χ0n) is 16.0. The zero-order chi connectivity index (χ0) is 19.9. The number of aromatic nitrogens is 2. The van der Waals surface area contributed by atoms with Crippen molar-refractivity contribution in [3.8, 4) is 5.69 Å². The van der Waals surface area contributed by atoms with Crippen LogP contribution in [0.15, 0.2) is 42.7 Å². The van der Waals surface area contributed by atoms with Crippen molar-refractivity contribution in [2.75, 3.05) is 13.6 Å². The summed E-state index contributed by atoms with van der Waals surface area (Å²) in [4.78, 5) is 40.0. The molecule has 1 aliphatic heterocycles. The number of nitrogens with one attached hydrogen (secondary N) is 1. The summed E-state index contributed by atoms with van der Waals surface area (Å²) in [6.45, 7) is 1.84. The molecule has 0 unspecified atom stereocenters. The molecule has 2 fully saturated rings. The fraction of sp³-hybridized carbons (Fsp3) is 0.400. The standard InChI is InChI=1S/C20H23N5O3/c1-20(15-8-9-15)18(27)24(19(28)22-20)13-17(26)23(2)11-14-10-21-25(12-14)16-6-4-3-5-7-16/h3-7,10,12,15H,8-9,11,13H2,1-2H3,(H,22,28)/t20-/m0/s1. The molecule has 146 valence electrons. The normalized spacial score (nSPS) is 21.7. The van der Waals surface area contributed by atoms with Gasteiger partial charge in [-0.3, -0.25) is 14.5 Å². The molecule has 0 spiro atoms. The smallest absolute Gasteiger partial charge is 0.325 e. The van der Waals surface area contributed by atoms with Gasteiger partial charge < -0.3 is 10.2 Å². The van der Waals surface area contributed by atoms with Crippen molar-refractivity contribution in [3.05, 3.63) is 48.3 Å². The second kappa shape index (κ2) is 6.78. The van der Waals surface area contributed by atoms with E-state index in [1.807, 2.05) is 36.5 Å². The molecule has 1 atom stereocenters. The van der Waals surface area contributed by atoms with E-state index in [-0.39, 0.29) is 24.3 Å². The van der Waals surface area contributed by atoms with Crippen molar-refractivity contribution in [2.24, 2.45) is 5.92 Å². The second-order valence-corrected chi connectivity index (χ2v) is 7.68. The lowest BCUT2D eigenvalue weighted by Crippen LogP contribution is -2.47. The van der Waals surface area contributed by atoms with E-state index in [1.54, 1.807) is 24.9 Å². The van der Waals surface area contributed by atoms with Gasteiger partial charge in [-0.25, -0.2) is 9.48 Å². The Hall–Kier alpha value is -3.16.